The van der Waals surface area contributed by atoms with Gasteiger partial charge in [0.25, 0.3) is 0 Å². The van der Waals surface area contributed by atoms with Crippen LogP contribution in [0.1, 0.15) is 33.5 Å². The summed E-state index contributed by atoms with van der Waals surface area (Å²) in [6.45, 7) is 4.04. The molecular weight excluding hydrogens is 378 g/mol. The highest BCUT2D eigenvalue weighted by Crippen LogP contribution is 2.24. The molecule has 0 bridgehead atoms. The minimum absolute atomic E-state index is 0.0843. The van der Waals surface area contributed by atoms with Crippen molar-refractivity contribution in [3.05, 3.63) is 69.7 Å². The van der Waals surface area contributed by atoms with Crippen LogP contribution in [0, 0.1) is 19.8 Å². The number of rotatable bonds is 6. The fourth-order valence-electron chi connectivity index (χ4n) is 3.28. The number of halogens is 1. The van der Waals surface area contributed by atoms with Crippen LogP contribution < -0.4 is 0 Å². The minimum Gasteiger partial charge on any atom is -0.457 e. The van der Waals surface area contributed by atoms with Crippen LogP contribution in [0.3, 0.4) is 0 Å². The molecule has 1 amide bonds. The van der Waals surface area contributed by atoms with Gasteiger partial charge in [-0.3, -0.25) is 14.4 Å². The van der Waals surface area contributed by atoms with Crippen molar-refractivity contribution in [3.63, 3.8) is 0 Å². The van der Waals surface area contributed by atoms with Gasteiger partial charge < -0.3 is 9.64 Å². The Morgan fingerprint density at radius 2 is 1.93 bits per heavy atom. The van der Waals surface area contributed by atoms with Gasteiger partial charge in [0, 0.05) is 30.1 Å². The van der Waals surface area contributed by atoms with E-state index in [9.17, 15) is 14.4 Å². The number of hydrogen-bond donors (Lipinski definition) is 0. The molecule has 2 aromatic rings. The Morgan fingerprint density at radius 3 is 2.68 bits per heavy atom. The average molecular weight is 400 g/mol. The van der Waals surface area contributed by atoms with Crippen LogP contribution in [0.4, 0.5) is 0 Å². The number of esters is 1. The molecule has 0 unspecified atom stereocenters. The van der Waals surface area contributed by atoms with E-state index in [2.05, 4.69) is 0 Å². The standard InChI is InChI=1S/C22H22ClNO4/c1-14-7-8-15(2)18(9-14)20(25)13-28-22(27)17-10-21(26)24(12-17)11-16-5-3-4-6-19(16)23/h3-9,17H,10-13H2,1-2H3/t17-/m1/s1. The number of carbonyl (C=O) groups excluding carboxylic acids is 3. The Bertz CT molecular complexity index is 925. The van der Waals surface area contributed by atoms with Gasteiger partial charge in [0.1, 0.15) is 0 Å². The molecular formula is C22H22ClNO4. The van der Waals surface area contributed by atoms with Crippen molar-refractivity contribution in [3.8, 4) is 0 Å². The molecule has 1 fully saturated rings. The summed E-state index contributed by atoms with van der Waals surface area (Å²) in [6, 6.07) is 12.9. The van der Waals surface area contributed by atoms with Crippen molar-refractivity contribution in [2.45, 2.75) is 26.8 Å². The summed E-state index contributed by atoms with van der Waals surface area (Å²) >= 11 is 6.15. The predicted molar refractivity (Wildman–Crippen MR) is 106 cm³/mol. The summed E-state index contributed by atoms with van der Waals surface area (Å²) in [7, 11) is 0. The van der Waals surface area contributed by atoms with Crippen LogP contribution in [0.25, 0.3) is 0 Å². The Kier molecular flexibility index (Phi) is 6.15. The second-order valence-corrected chi connectivity index (χ2v) is 7.52. The van der Waals surface area contributed by atoms with E-state index in [1.807, 2.05) is 44.2 Å². The summed E-state index contributed by atoms with van der Waals surface area (Å²) in [5, 5.41) is 0.584. The molecule has 0 N–H and O–H groups in total. The van der Waals surface area contributed by atoms with E-state index < -0.39 is 11.9 Å². The largest absolute Gasteiger partial charge is 0.457 e. The van der Waals surface area contributed by atoms with Gasteiger partial charge in [0.2, 0.25) is 11.7 Å². The third-order valence-electron chi connectivity index (χ3n) is 4.91. The molecule has 1 atom stereocenters. The zero-order valence-corrected chi connectivity index (χ0v) is 16.7. The number of Topliss-reactive ketones (excluding diaryl/α,β-unsaturated/α-hetero) is 1. The van der Waals surface area contributed by atoms with Crippen LogP contribution in [0.5, 0.6) is 0 Å². The van der Waals surface area contributed by atoms with Crippen LogP contribution in [-0.2, 0) is 20.9 Å². The average Bonchev–Trinajstić information content (AvgIpc) is 3.04. The third kappa shape index (κ3) is 4.60. The normalized spacial score (nSPS) is 16.3. The first-order valence-corrected chi connectivity index (χ1v) is 9.51. The molecule has 0 aliphatic carbocycles. The molecule has 0 saturated carbocycles. The molecule has 2 aromatic carbocycles. The lowest BCUT2D eigenvalue weighted by molar-refractivity contribution is -0.147. The summed E-state index contributed by atoms with van der Waals surface area (Å²) in [5.41, 5.74) is 3.19. The molecule has 28 heavy (non-hydrogen) atoms. The highest BCUT2D eigenvalue weighted by molar-refractivity contribution is 6.31. The van der Waals surface area contributed by atoms with Gasteiger partial charge in [-0.05, 0) is 37.1 Å². The van der Waals surface area contributed by atoms with Crippen LogP contribution in [-0.4, -0.2) is 35.7 Å². The van der Waals surface area contributed by atoms with E-state index in [0.29, 0.717) is 17.1 Å². The first-order valence-electron chi connectivity index (χ1n) is 9.13. The van der Waals surface area contributed by atoms with Crippen LogP contribution in [0.2, 0.25) is 5.02 Å². The van der Waals surface area contributed by atoms with Crippen LogP contribution in [0.15, 0.2) is 42.5 Å². The zero-order chi connectivity index (χ0) is 20.3. The maximum atomic E-state index is 12.4. The third-order valence-corrected chi connectivity index (χ3v) is 5.27. The number of aryl methyl sites for hydroxylation is 2. The number of amides is 1. The van der Waals surface area contributed by atoms with Gasteiger partial charge in [0.15, 0.2) is 6.61 Å². The van der Waals surface area contributed by atoms with Crippen molar-refractivity contribution in [1.29, 1.82) is 0 Å². The van der Waals surface area contributed by atoms with Gasteiger partial charge in [-0.1, -0.05) is 47.5 Å². The van der Waals surface area contributed by atoms with E-state index in [-0.39, 0.29) is 31.3 Å². The van der Waals surface area contributed by atoms with Crippen LogP contribution >= 0.6 is 11.6 Å². The molecule has 1 saturated heterocycles. The second-order valence-electron chi connectivity index (χ2n) is 7.12. The molecule has 6 heteroatoms. The van der Waals surface area contributed by atoms with E-state index in [1.165, 1.54) is 0 Å². The molecule has 1 aliphatic rings. The van der Waals surface area contributed by atoms with Gasteiger partial charge in [-0.25, -0.2) is 0 Å². The van der Waals surface area contributed by atoms with Crippen molar-refractivity contribution in [1.82, 2.24) is 4.90 Å². The van der Waals surface area contributed by atoms with Crippen molar-refractivity contribution in [2.75, 3.05) is 13.2 Å². The highest BCUT2D eigenvalue weighted by atomic mass is 35.5. The smallest absolute Gasteiger partial charge is 0.311 e. The second kappa shape index (κ2) is 8.57. The summed E-state index contributed by atoms with van der Waals surface area (Å²) in [5.74, 6) is -1.45. The number of benzene rings is 2. The van der Waals surface area contributed by atoms with Gasteiger partial charge in [-0.15, -0.1) is 0 Å². The lowest BCUT2D eigenvalue weighted by Gasteiger charge is -2.17. The molecule has 0 radical (unpaired) electrons. The van der Waals surface area contributed by atoms with E-state index in [0.717, 1.165) is 16.7 Å². The predicted octanol–water partition coefficient (Wildman–Crippen LogP) is 3.73. The summed E-state index contributed by atoms with van der Waals surface area (Å²) < 4.78 is 5.21. The van der Waals surface area contributed by atoms with Crippen molar-refractivity contribution < 1.29 is 19.1 Å². The molecule has 3 rings (SSSR count). The zero-order valence-electron chi connectivity index (χ0n) is 15.9. The minimum atomic E-state index is -0.568. The topological polar surface area (TPSA) is 63.7 Å². The van der Waals surface area contributed by atoms with E-state index >= 15 is 0 Å². The fraction of sp³-hybridized carbons (Fsp3) is 0.318. The number of hydrogen-bond acceptors (Lipinski definition) is 4. The van der Waals surface area contributed by atoms with E-state index in [1.54, 1.807) is 17.0 Å². The quantitative estimate of drug-likeness (QED) is 0.548. The number of ether oxygens (including phenoxy) is 1. The lowest BCUT2D eigenvalue weighted by atomic mass is 10.0. The monoisotopic (exact) mass is 399 g/mol. The molecule has 5 nitrogen and oxygen atoms in total. The first-order chi connectivity index (χ1) is 13.3. The first kappa shape index (κ1) is 20.1. The summed E-state index contributed by atoms with van der Waals surface area (Å²) in [4.78, 5) is 38.6. The molecule has 146 valence electrons. The van der Waals surface area contributed by atoms with Gasteiger partial charge >= 0.3 is 5.97 Å². The Balaban J connectivity index is 1.56. The molecule has 1 aliphatic heterocycles. The molecule has 0 spiro atoms. The fourth-order valence-corrected chi connectivity index (χ4v) is 3.48. The van der Waals surface area contributed by atoms with Gasteiger partial charge in [-0.2, -0.15) is 0 Å². The Labute approximate surface area is 169 Å². The van der Waals surface area contributed by atoms with Crippen molar-refractivity contribution in [2.24, 2.45) is 5.92 Å². The van der Waals surface area contributed by atoms with Gasteiger partial charge in [0.05, 0.1) is 5.92 Å². The number of carbonyl (C=O) groups is 3. The Morgan fingerprint density at radius 1 is 1.18 bits per heavy atom. The lowest BCUT2D eigenvalue weighted by Crippen LogP contribution is -2.27. The highest BCUT2D eigenvalue weighted by Gasteiger charge is 2.35. The molecule has 1 heterocycles. The molecule has 0 aromatic heterocycles. The Hall–Kier alpha value is -2.66. The summed E-state index contributed by atoms with van der Waals surface area (Å²) in [6.07, 6.45) is 0.0843. The maximum absolute atomic E-state index is 12.4. The number of ketones is 1. The van der Waals surface area contributed by atoms with Crippen molar-refractivity contribution >= 4 is 29.3 Å². The van der Waals surface area contributed by atoms with E-state index in [4.69, 9.17) is 16.3 Å². The number of nitrogens with zero attached hydrogens (tertiary/aromatic N) is 1. The number of likely N-dealkylation sites (tertiary alicyclic amines) is 1. The maximum Gasteiger partial charge on any atom is 0.311 e. The SMILES string of the molecule is Cc1ccc(C)c(C(=O)COC(=O)[C@@H]2CC(=O)N(Cc3ccccc3Cl)C2)c1.